The van der Waals surface area contributed by atoms with Gasteiger partial charge in [0.25, 0.3) is 0 Å². The Labute approximate surface area is 110 Å². The number of imidazole rings is 1. The number of nitrogens with one attached hydrogen (secondary N) is 1. The molecular weight excluding hydrogens is 257 g/mol. The third-order valence-electron chi connectivity index (χ3n) is 2.42. The minimum Gasteiger partial charge on any atom is -0.340 e. The minimum atomic E-state index is -0.492. The molecule has 1 aromatic carbocycles. The first-order chi connectivity index (χ1) is 7.88. The van der Waals surface area contributed by atoms with Crippen molar-refractivity contribution in [2.24, 2.45) is 5.73 Å². The number of nitrogens with zero attached hydrogens (tertiary/aromatic N) is 1. The molecular formula is C12H13Cl2N3. The van der Waals surface area contributed by atoms with Gasteiger partial charge in [-0.15, -0.1) is 0 Å². The van der Waals surface area contributed by atoms with Crippen LogP contribution in [-0.4, -0.2) is 9.97 Å². The average Bonchev–Trinajstić information content (AvgIpc) is 2.70. The number of aromatic nitrogens is 2. The predicted molar refractivity (Wildman–Crippen MR) is 71.3 cm³/mol. The molecule has 0 bridgehead atoms. The molecule has 0 fully saturated rings. The minimum absolute atomic E-state index is 0.492. The van der Waals surface area contributed by atoms with E-state index in [2.05, 4.69) is 9.97 Å². The number of aromatic amines is 1. The monoisotopic (exact) mass is 269 g/mol. The topological polar surface area (TPSA) is 54.7 Å². The van der Waals surface area contributed by atoms with Gasteiger partial charge in [0.15, 0.2) is 0 Å². The number of hydrogen-bond donors (Lipinski definition) is 2. The second kappa shape index (κ2) is 4.33. The van der Waals surface area contributed by atoms with Crippen LogP contribution in [0.15, 0.2) is 24.4 Å². The predicted octanol–water partition coefficient (Wildman–Crippen LogP) is 3.58. The molecule has 1 aromatic heterocycles. The van der Waals surface area contributed by atoms with E-state index in [0.717, 1.165) is 17.1 Å². The van der Waals surface area contributed by atoms with Gasteiger partial charge < -0.3 is 10.7 Å². The van der Waals surface area contributed by atoms with Gasteiger partial charge in [0.1, 0.15) is 5.82 Å². The lowest BCUT2D eigenvalue weighted by atomic mass is 10.1. The molecule has 90 valence electrons. The first-order valence-electron chi connectivity index (χ1n) is 5.18. The second-order valence-corrected chi connectivity index (χ2v) is 5.31. The highest BCUT2D eigenvalue weighted by Gasteiger charge is 2.18. The van der Waals surface area contributed by atoms with Gasteiger partial charge in [0, 0.05) is 5.56 Å². The fourth-order valence-corrected chi connectivity index (χ4v) is 1.76. The van der Waals surface area contributed by atoms with Crippen molar-refractivity contribution in [3.05, 3.63) is 40.3 Å². The molecule has 2 rings (SSSR count). The highest BCUT2D eigenvalue weighted by molar-refractivity contribution is 6.42. The lowest BCUT2D eigenvalue weighted by molar-refractivity contribution is 0.520. The normalized spacial score (nSPS) is 11.8. The Morgan fingerprint density at radius 1 is 1.24 bits per heavy atom. The SMILES string of the molecule is CC(C)(N)c1ncc(-c2ccc(Cl)c(Cl)c2)[nH]1. The Morgan fingerprint density at radius 3 is 2.47 bits per heavy atom. The van der Waals surface area contributed by atoms with Crippen LogP contribution in [0.5, 0.6) is 0 Å². The van der Waals surface area contributed by atoms with Crippen LogP contribution >= 0.6 is 23.2 Å². The third kappa shape index (κ3) is 2.63. The van der Waals surface area contributed by atoms with Gasteiger partial charge in [0.2, 0.25) is 0 Å². The largest absolute Gasteiger partial charge is 0.340 e. The van der Waals surface area contributed by atoms with E-state index < -0.39 is 5.54 Å². The summed E-state index contributed by atoms with van der Waals surface area (Å²) in [6.07, 6.45) is 1.74. The van der Waals surface area contributed by atoms with E-state index in [1.54, 1.807) is 18.3 Å². The Kier molecular flexibility index (Phi) is 3.17. The Bertz CT molecular complexity index is 541. The van der Waals surface area contributed by atoms with E-state index in [4.69, 9.17) is 28.9 Å². The molecule has 0 unspecified atom stereocenters. The zero-order chi connectivity index (χ0) is 12.6. The molecule has 1 heterocycles. The van der Waals surface area contributed by atoms with Crippen LogP contribution in [-0.2, 0) is 5.54 Å². The van der Waals surface area contributed by atoms with Gasteiger partial charge in [-0.1, -0.05) is 29.3 Å². The summed E-state index contributed by atoms with van der Waals surface area (Å²) in [5.41, 5.74) is 7.27. The first-order valence-corrected chi connectivity index (χ1v) is 5.93. The molecule has 0 aliphatic carbocycles. The fraction of sp³-hybridized carbons (Fsp3) is 0.250. The summed E-state index contributed by atoms with van der Waals surface area (Å²) in [5, 5.41) is 1.06. The Balaban J connectivity index is 2.40. The van der Waals surface area contributed by atoms with Crippen LogP contribution in [0.4, 0.5) is 0 Å². The van der Waals surface area contributed by atoms with Crippen LogP contribution in [0.25, 0.3) is 11.3 Å². The quantitative estimate of drug-likeness (QED) is 0.876. The molecule has 0 atom stereocenters. The summed E-state index contributed by atoms with van der Waals surface area (Å²) in [4.78, 5) is 7.44. The van der Waals surface area contributed by atoms with Gasteiger partial charge in [-0.2, -0.15) is 0 Å². The van der Waals surface area contributed by atoms with E-state index in [-0.39, 0.29) is 0 Å². The third-order valence-corrected chi connectivity index (χ3v) is 3.16. The van der Waals surface area contributed by atoms with Gasteiger partial charge in [-0.05, 0) is 26.0 Å². The fourth-order valence-electron chi connectivity index (χ4n) is 1.46. The van der Waals surface area contributed by atoms with Crippen molar-refractivity contribution in [1.29, 1.82) is 0 Å². The molecule has 0 spiro atoms. The summed E-state index contributed by atoms with van der Waals surface area (Å²) >= 11 is 11.8. The molecule has 0 aliphatic rings. The van der Waals surface area contributed by atoms with Gasteiger partial charge in [-0.25, -0.2) is 4.98 Å². The van der Waals surface area contributed by atoms with E-state index >= 15 is 0 Å². The van der Waals surface area contributed by atoms with Crippen LogP contribution < -0.4 is 5.73 Å². The number of halogens is 2. The lowest BCUT2D eigenvalue weighted by Crippen LogP contribution is -2.30. The summed E-state index contributed by atoms with van der Waals surface area (Å²) in [7, 11) is 0. The molecule has 5 heteroatoms. The van der Waals surface area contributed by atoms with Crippen molar-refractivity contribution in [1.82, 2.24) is 9.97 Å². The number of rotatable bonds is 2. The highest BCUT2D eigenvalue weighted by atomic mass is 35.5. The Hall–Kier alpha value is -1.03. The standard InChI is InChI=1S/C12H13Cl2N3/c1-12(2,15)11-16-6-10(17-11)7-3-4-8(13)9(14)5-7/h3-6H,15H2,1-2H3,(H,16,17). The maximum absolute atomic E-state index is 5.97. The molecule has 0 aliphatic heterocycles. The van der Waals surface area contributed by atoms with E-state index in [0.29, 0.717) is 10.0 Å². The zero-order valence-electron chi connectivity index (χ0n) is 9.59. The van der Waals surface area contributed by atoms with Gasteiger partial charge in [-0.3, -0.25) is 0 Å². The van der Waals surface area contributed by atoms with Crippen LogP contribution in [0.1, 0.15) is 19.7 Å². The number of H-pyrrole nitrogens is 1. The summed E-state index contributed by atoms with van der Waals surface area (Å²) < 4.78 is 0. The van der Waals surface area contributed by atoms with Crippen molar-refractivity contribution < 1.29 is 0 Å². The number of nitrogens with two attached hydrogens (primary N) is 1. The maximum Gasteiger partial charge on any atom is 0.126 e. The molecule has 17 heavy (non-hydrogen) atoms. The van der Waals surface area contributed by atoms with Crippen molar-refractivity contribution in [2.45, 2.75) is 19.4 Å². The molecule has 3 N–H and O–H groups in total. The van der Waals surface area contributed by atoms with Crippen molar-refractivity contribution in [3.8, 4) is 11.3 Å². The molecule has 0 saturated heterocycles. The lowest BCUT2D eigenvalue weighted by Gasteiger charge is -2.14. The first kappa shape index (κ1) is 12.4. The van der Waals surface area contributed by atoms with Crippen molar-refractivity contribution in [2.75, 3.05) is 0 Å². The highest BCUT2D eigenvalue weighted by Crippen LogP contribution is 2.28. The van der Waals surface area contributed by atoms with Gasteiger partial charge in [0.05, 0.1) is 27.5 Å². The summed E-state index contributed by atoms with van der Waals surface area (Å²) in [6.45, 7) is 3.79. The Morgan fingerprint density at radius 2 is 1.94 bits per heavy atom. The summed E-state index contributed by atoms with van der Waals surface area (Å²) in [6, 6.07) is 5.44. The molecule has 0 amide bonds. The average molecular weight is 270 g/mol. The zero-order valence-corrected chi connectivity index (χ0v) is 11.1. The second-order valence-electron chi connectivity index (χ2n) is 4.50. The van der Waals surface area contributed by atoms with Crippen LogP contribution in [0.3, 0.4) is 0 Å². The smallest absolute Gasteiger partial charge is 0.126 e. The number of benzene rings is 1. The van der Waals surface area contributed by atoms with Crippen molar-refractivity contribution >= 4 is 23.2 Å². The van der Waals surface area contributed by atoms with E-state index in [1.165, 1.54) is 0 Å². The molecule has 0 saturated carbocycles. The molecule has 3 nitrogen and oxygen atoms in total. The van der Waals surface area contributed by atoms with Gasteiger partial charge >= 0.3 is 0 Å². The molecule has 2 aromatic rings. The van der Waals surface area contributed by atoms with Crippen LogP contribution in [0, 0.1) is 0 Å². The van der Waals surface area contributed by atoms with E-state index in [1.807, 2.05) is 19.9 Å². The maximum atomic E-state index is 5.97. The molecule has 0 radical (unpaired) electrons. The van der Waals surface area contributed by atoms with E-state index in [9.17, 15) is 0 Å². The number of hydrogen-bond acceptors (Lipinski definition) is 2. The van der Waals surface area contributed by atoms with Crippen LogP contribution in [0.2, 0.25) is 10.0 Å². The van der Waals surface area contributed by atoms with Crippen molar-refractivity contribution in [3.63, 3.8) is 0 Å². The summed E-state index contributed by atoms with van der Waals surface area (Å²) in [5.74, 6) is 0.735.